The van der Waals surface area contributed by atoms with E-state index < -0.39 is 7.60 Å². The highest BCUT2D eigenvalue weighted by molar-refractivity contribution is 7.62. The Labute approximate surface area is 128 Å². The summed E-state index contributed by atoms with van der Waals surface area (Å²) in [4.78, 5) is 4.13. The maximum absolute atomic E-state index is 13.2. The van der Waals surface area contributed by atoms with Gasteiger partial charge in [0.15, 0.2) is 5.44 Å². The number of aromatic nitrogens is 1. The Kier molecular flexibility index (Phi) is 4.22. The van der Waals surface area contributed by atoms with Crippen LogP contribution in [0.25, 0.3) is 0 Å². The molecule has 0 aliphatic carbocycles. The zero-order valence-corrected chi connectivity index (χ0v) is 12.6. The Balaban J connectivity index is 1.97. The molecule has 0 aliphatic rings. The highest BCUT2D eigenvalue weighted by atomic mass is 31.2. The largest absolute Gasteiger partial charge is 0.481 e. The minimum atomic E-state index is -3.63. The van der Waals surface area contributed by atoms with Crippen LogP contribution in [-0.4, -0.2) is 4.98 Å². The van der Waals surface area contributed by atoms with Gasteiger partial charge in [0.2, 0.25) is 0 Å². The van der Waals surface area contributed by atoms with Gasteiger partial charge in [-0.05, 0) is 36.4 Å². The molecule has 0 radical (unpaired) electrons. The predicted molar refractivity (Wildman–Crippen MR) is 85.6 cm³/mol. The molecule has 0 saturated carbocycles. The highest BCUT2D eigenvalue weighted by Crippen LogP contribution is 2.46. The Hall–Kier alpha value is -2.58. The molecule has 0 bridgehead atoms. The van der Waals surface area contributed by atoms with Gasteiger partial charge in [0.1, 0.15) is 11.5 Å². The molecule has 4 nitrogen and oxygen atoms in total. The molecular weight excluding hydrogens is 297 g/mol. The molecule has 1 heterocycles. The fourth-order valence-corrected chi connectivity index (χ4v) is 3.37. The first-order valence-electron chi connectivity index (χ1n) is 6.77. The van der Waals surface area contributed by atoms with E-state index in [9.17, 15) is 4.57 Å². The standard InChI is InChI=1S/C17H14NO3P/c19-22(17-13-7-8-14-18-17,20-15-9-3-1-4-10-15)21-16-11-5-2-6-12-16/h1-14H. The monoisotopic (exact) mass is 311 g/mol. The summed E-state index contributed by atoms with van der Waals surface area (Å²) >= 11 is 0. The van der Waals surface area contributed by atoms with E-state index in [0.29, 0.717) is 11.5 Å². The summed E-state index contributed by atoms with van der Waals surface area (Å²) in [7, 11) is -3.63. The lowest BCUT2D eigenvalue weighted by Crippen LogP contribution is -2.17. The number of nitrogens with zero attached hydrogens (tertiary/aromatic N) is 1. The third-order valence-corrected chi connectivity index (χ3v) is 4.60. The summed E-state index contributed by atoms with van der Waals surface area (Å²) in [5.74, 6) is 0.930. The van der Waals surface area contributed by atoms with E-state index in [2.05, 4.69) is 4.98 Å². The lowest BCUT2D eigenvalue weighted by atomic mass is 10.3. The molecule has 0 unspecified atom stereocenters. The molecule has 22 heavy (non-hydrogen) atoms. The molecule has 1 aromatic heterocycles. The number of para-hydroxylation sites is 2. The first kappa shape index (κ1) is 14.4. The molecular formula is C17H14NO3P. The first-order chi connectivity index (χ1) is 10.8. The molecule has 3 rings (SSSR count). The van der Waals surface area contributed by atoms with E-state index in [-0.39, 0.29) is 5.44 Å². The average Bonchev–Trinajstić information content (AvgIpc) is 2.57. The summed E-state index contributed by atoms with van der Waals surface area (Å²) in [5.41, 5.74) is 0.266. The minimum absolute atomic E-state index is 0.266. The van der Waals surface area contributed by atoms with Crippen molar-refractivity contribution < 1.29 is 13.6 Å². The second kappa shape index (κ2) is 6.46. The number of pyridine rings is 1. The van der Waals surface area contributed by atoms with Gasteiger partial charge in [0.25, 0.3) is 0 Å². The second-order valence-electron chi connectivity index (χ2n) is 4.49. The van der Waals surface area contributed by atoms with Crippen LogP contribution >= 0.6 is 7.60 Å². The summed E-state index contributed by atoms with van der Waals surface area (Å²) in [6.07, 6.45) is 1.56. The van der Waals surface area contributed by atoms with Crippen LogP contribution in [0.5, 0.6) is 11.5 Å². The van der Waals surface area contributed by atoms with Gasteiger partial charge in [-0.25, -0.2) is 9.55 Å². The van der Waals surface area contributed by atoms with Gasteiger partial charge in [-0.1, -0.05) is 42.5 Å². The Morgan fingerprint density at radius 2 is 1.18 bits per heavy atom. The van der Waals surface area contributed by atoms with Crippen LogP contribution in [0, 0.1) is 0 Å². The maximum atomic E-state index is 13.2. The van der Waals surface area contributed by atoms with Crippen LogP contribution in [0.1, 0.15) is 0 Å². The maximum Gasteiger partial charge on any atom is 0.481 e. The molecule has 5 heteroatoms. The van der Waals surface area contributed by atoms with Crippen LogP contribution < -0.4 is 14.5 Å². The fourth-order valence-electron chi connectivity index (χ4n) is 1.87. The van der Waals surface area contributed by atoms with Crippen molar-refractivity contribution in [2.75, 3.05) is 0 Å². The van der Waals surface area contributed by atoms with Crippen molar-refractivity contribution in [2.45, 2.75) is 0 Å². The fraction of sp³-hybridized carbons (Fsp3) is 0. The van der Waals surface area contributed by atoms with Gasteiger partial charge in [-0.3, -0.25) is 0 Å². The Morgan fingerprint density at radius 1 is 0.682 bits per heavy atom. The number of benzene rings is 2. The molecule has 0 spiro atoms. The topological polar surface area (TPSA) is 48.4 Å². The van der Waals surface area contributed by atoms with Gasteiger partial charge in [0, 0.05) is 6.20 Å². The molecule has 0 aliphatic heterocycles. The van der Waals surface area contributed by atoms with Crippen molar-refractivity contribution in [3.8, 4) is 11.5 Å². The van der Waals surface area contributed by atoms with Crippen LogP contribution in [0.3, 0.4) is 0 Å². The third kappa shape index (κ3) is 3.35. The van der Waals surface area contributed by atoms with Crippen LogP contribution in [0.15, 0.2) is 85.1 Å². The number of hydrogen-bond donors (Lipinski definition) is 0. The lowest BCUT2D eigenvalue weighted by molar-refractivity contribution is 0.398. The average molecular weight is 311 g/mol. The zero-order chi connectivity index (χ0) is 15.3. The SMILES string of the molecule is O=P(Oc1ccccc1)(Oc1ccccc1)c1ccccn1. The summed E-state index contributed by atoms with van der Waals surface area (Å²) in [5, 5.41) is 0. The molecule has 110 valence electrons. The van der Waals surface area contributed by atoms with E-state index in [1.54, 1.807) is 72.9 Å². The second-order valence-corrected chi connectivity index (χ2v) is 6.31. The van der Waals surface area contributed by atoms with Crippen LogP contribution in [-0.2, 0) is 4.57 Å². The van der Waals surface area contributed by atoms with Gasteiger partial charge in [-0.2, -0.15) is 0 Å². The van der Waals surface area contributed by atoms with Crippen molar-refractivity contribution in [2.24, 2.45) is 0 Å². The van der Waals surface area contributed by atoms with Gasteiger partial charge < -0.3 is 9.05 Å². The molecule has 0 N–H and O–H groups in total. The van der Waals surface area contributed by atoms with Crippen molar-refractivity contribution in [1.82, 2.24) is 4.98 Å². The van der Waals surface area contributed by atoms with Crippen molar-refractivity contribution in [3.63, 3.8) is 0 Å². The van der Waals surface area contributed by atoms with Crippen LogP contribution in [0.4, 0.5) is 0 Å². The molecule has 3 aromatic rings. The van der Waals surface area contributed by atoms with Crippen molar-refractivity contribution >= 4 is 13.0 Å². The quantitative estimate of drug-likeness (QED) is 0.667. The molecule has 2 aromatic carbocycles. The molecule has 0 atom stereocenters. The van der Waals surface area contributed by atoms with E-state index in [1.165, 1.54) is 0 Å². The van der Waals surface area contributed by atoms with E-state index in [1.807, 2.05) is 12.1 Å². The van der Waals surface area contributed by atoms with Gasteiger partial charge in [0.05, 0.1) is 0 Å². The third-order valence-electron chi connectivity index (χ3n) is 2.87. The summed E-state index contributed by atoms with van der Waals surface area (Å²) in [6.45, 7) is 0. The number of rotatable bonds is 5. The Bertz CT molecular complexity index is 718. The lowest BCUT2D eigenvalue weighted by Gasteiger charge is -2.19. The van der Waals surface area contributed by atoms with E-state index in [4.69, 9.17) is 9.05 Å². The summed E-state index contributed by atoms with van der Waals surface area (Å²) < 4.78 is 24.6. The molecule has 0 amide bonds. The number of hydrogen-bond acceptors (Lipinski definition) is 4. The van der Waals surface area contributed by atoms with E-state index in [0.717, 1.165) is 0 Å². The van der Waals surface area contributed by atoms with Crippen LogP contribution in [0.2, 0.25) is 0 Å². The molecule has 0 saturated heterocycles. The summed E-state index contributed by atoms with van der Waals surface area (Å²) in [6, 6.07) is 23.0. The van der Waals surface area contributed by atoms with Crippen molar-refractivity contribution in [3.05, 3.63) is 85.1 Å². The van der Waals surface area contributed by atoms with E-state index >= 15 is 0 Å². The zero-order valence-electron chi connectivity index (χ0n) is 11.7. The molecule has 0 fully saturated rings. The van der Waals surface area contributed by atoms with Crippen molar-refractivity contribution in [1.29, 1.82) is 0 Å². The van der Waals surface area contributed by atoms with Gasteiger partial charge in [-0.15, -0.1) is 0 Å². The Morgan fingerprint density at radius 3 is 1.64 bits per heavy atom. The highest BCUT2D eigenvalue weighted by Gasteiger charge is 2.32. The van der Waals surface area contributed by atoms with Gasteiger partial charge >= 0.3 is 7.60 Å². The first-order valence-corrected chi connectivity index (χ1v) is 8.31. The smallest absolute Gasteiger partial charge is 0.412 e. The predicted octanol–water partition coefficient (Wildman–Crippen LogP) is 4.06. The normalized spacial score (nSPS) is 10.9. The minimum Gasteiger partial charge on any atom is -0.412 e.